The molecule has 2 rings (SSSR count). The van der Waals surface area contributed by atoms with Crippen LogP contribution >= 0.6 is 0 Å². The first-order valence-electron chi connectivity index (χ1n) is 7.85. The van der Waals surface area contributed by atoms with Crippen molar-refractivity contribution in [1.82, 2.24) is 10.2 Å². The predicted octanol–water partition coefficient (Wildman–Crippen LogP) is 3.13. The largest absolute Gasteiger partial charge is 0.313 e. The van der Waals surface area contributed by atoms with E-state index in [1.54, 1.807) is 0 Å². The van der Waals surface area contributed by atoms with Gasteiger partial charge in [0.2, 0.25) is 0 Å². The van der Waals surface area contributed by atoms with E-state index in [4.69, 9.17) is 0 Å². The SMILES string of the molecule is CCCC1CN(CC2C(C)(C)C2(C)C)CCCN1. The minimum atomic E-state index is 0.535. The number of rotatable bonds is 4. The molecule has 18 heavy (non-hydrogen) atoms. The van der Waals surface area contributed by atoms with Crippen LogP contribution in [0.3, 0.4) is 0 Å². The van der Waals surface area contributed by atoms with Crippen molar-refractivity contribution < 1.29 is 0 Å². The number of hydrogen-bond donors (Lipinski definition) is 1. The third-order valence-corrected chi connectivity index (χ3v) is 5.96. The van der Waals surface area contributed by atoms with Crippen molar-refractivity contribution in [3.05, 3.63) is 0 Å². The highest BCUT2D eigenvalue weighted by molar-refractivity contribution is 5.13. The molecular formula is C16H32N2. The highest BCUT2D eigenvalue weighted by Crippen LogP contribution is 2.68. The standard InChI is InChI=1S/C16H32N2/c1-6-8-13-11-18(10-7-9-17-13)12-14-15(2,3)16(14,4)5/h13-14,17H,6-12H2,1-5H3. The molecular weight excluding hydrogens is 220 g/mol. The highest BCUT2D eigenvalue weighted by atomic mass is 15.2. The van der Waals surface area contributed by atoms with Gasteiger partial charge in [0, 0.05) is 19.1 Å². The van der Waals surface area contributed by atoms with Gasteiger partial charge in [-0.25, -0.2) is 0 Å². The van der Waals surface area contributed by atoms with Gasteiger partial charge in [-0.05, 0) is 42.7 Å². The Morgan fingerprint density at radius 3 is 2.39 bits per heavy atom. The monoisotopic (exact) mass is 252 g/mol. The minimum absolute atomic E-state index is 0.535. The summed E-state index contributed by atoms with van der Waals surface area (Å²) >= 11 is 0. The second-order valence-corrected chi connectivity index (χ2v) is 7.55. The summed E-state index contributed by atoms with van der Waals surface area (Å²) in [5, 5.41) is 3.71. The fourth-order valence-corrected chi connectivity index (χ4v) is 3.83. The Kier molecular flexibility index (Phi) is 4.08. The van der Waals surface area contributed by atoms with Crippen LogP contribution in [0.2, 0.25) is 0 Å². The lowest BCUT2D eigenvalue weighted by molar-refractivity contribution is 0.237. The van der Waals surface area contributed by atoms with Gasteiger partial charge in [0.05, 0.1) is 0 Å². The maximum atomic E-state index is 3.71. The van der Waals surface area contributed by atoms with E-state index in [2.05, 4.69) is 44.8 Å². The Balaban J connectivity index is 1.89. The first-order valence-corrected chi connectivity index (χ1v) is 7.85. The Morgan fingerprint density at radius 1 is 1.17 bits per heavy atom. The van der Waals surface area contributed by atoms with Gasteiger partial charge >= 0.3 is 0 Å². The average molecular weight is 252 g/mol. The van der Waals surface area contributed by atoms with Crippen LogP contribution in [0.1, 0.15) is 53.9 Å². The second-order valence-electron chi connectivity index (χ2n) is 7.55. The summed E-state index contributed by atoms with van der Waals surface area (Å²) in [4.78, 5) is 2.72. The predicted molar refractivity (Wildman–Crippen MR) is 78.8 cm³/mol. The molecule has 0 aromatic heterocycles. The Hall–Kier alpha value is -0.0800. The Morgan fingerprint density at radius 2 is 1.83 bits per heavy atom. The third-order valence-electron chi connectivity index (χ3n) is 5.96. The first-order chi connectivity index (χ1) is 8.39. The van der Waals surface area contributed by atoms with Crippen LogP contribution in [-0.2, 0) is 0 Å². The van der Waals surface area contributed by atoms with Crippen LogP contribution in [0.25, 0.3) is 0 Å². The fourth-order valence-electron chi connectivity index (χ4n) is 3.83. The third kappa shape index (κ3) is 2.60. The van der Waals surface area contributed by atoms with Crippen molar-refractivity contribution >= 4 is 0 Å². The molecule has 0 amide bonds. The molecule has 1 saturated carbocycles. The summed E-state index contributed by atoms with van der Waals surface area (Å²) in [5.41, 5.74) is 1.07. The molecule has 2 nitrogen and oxygen atoms in total. The van der Waals surface area contributed by atoms with Crippen molar-refractivity contribution in [2.75, 3.05) is 26.2 Å². The molecule has 2 heteroatoms. The van der Waals surface area contributed by atoms with Gasteiger partial charge in [-0.2, -0.15) is 0 Å². The molecule has 2 aliphatic rings. The number of nitrogens with one attached hydrogen (secondary N) is 1. The molecule has 0 radical (unpaired) electrons. The maximum Gasteiger partial charge on any atom is 0.0194 e. The molecule has 1 unspecified atom stereocenters. The number of hydrogen-bond acceptors (Lipinski definition) is 2. The summed E-state index contributed by atoms with van der Waals surface area (Å²) in [5.74, 6) is 0.880. The lowest BCUT2D eigenvalue weighted by atomic mass is 10.0. The topological polar surface area (TPSA) is 15.3 Å². The summed E-state index contributed by atoms with van der Waals surface area (Å²) in [6.07, 6.45) is 3.94. The fraction of sp³-hybridized carbons (Fsp3) is 1.00. The summed E-state index contributed by atoms with van der Waals surface area (Å²) in [7, 11) is 0. The molecule has 2 fully saturated rings. The molecule has 1 heterocycles. The highest BCUT2D eigenvalue weighted by Gasteiger charge is 2.64. The summed E-state index contributed by atoms with van der Waals surface area (Å²) < 4.78 is 0. The maximum absolute atomic E-state index is 3.71. The summed E-state index contributed by atoms with van der Waals surface area (Å²) in [6, 6.07) is 0.725. The first kappa shape index (κ1) is 14.3. The van der Waals surface area contributed by atoms with Gasteiger partial charge in [0.25, 0.3) is 0 Å². The van der Waals surface area contributed by atoms with E-state index in [-0.39, 0.29) is 0 Å². The van der Waals surface area contributed by atoms with Gasteiger partial charge in [-0.1, -0.05) is 41.0 Å². The van der Waals surface area contributed by atoms with Gasteiger partial charge in [0.15, 0.2) is 0 Å². The normalized spacial score (nSPS) is 32.2. The van der Waals surface area contributed by atoms with E-state index in [0.29, 0.717) is 10.8 Å². The van der Waals surface area contributed by atoms with E-state index in [1.165, 1.54) is 45.4 Å². The zero-order chi connectivity index (χ0) is 13.4. The Labute approximate surface area is 114 Å². The lowest BCUT2D eigenvalue weighted by Crippen LogP contribution is -2.38. The minimum Gasteiger partial charge on any atom is -0.313 e. The molecule has 0 spiro atoms. The van der Waals surface area contributed by atoms with Crippen molar-refractivity contribution in [2.24, 2.45) is 16.7 Å². The molecule has 1 aliphatic carbocycles. The van der Waals surface area contributed by atoms with Crippen molar-refractivity contribution in [2.45, 2.75) is 59.9 Å². The van der Waals surface area contributed by atoms with Crippen LogP contribution in [0.15, 0.2) is 0 Å². The van der Waals surface area contributed by atoms with Crippen molar-refractivity contribution in [3.63, 3.8) is 0 Å². The quantitative estimate of drug-likeness (QED) is 0.827. The molecule has 0 aromatic carbocycles. The van der Waals surface area contributed by atoms with Gasteiger partial charge < -0.3 is 10.2 Å². The lowest BCUT2D eigenvalue weighted by Gasteiger charge is -2.25. The van der Waals surface area contributed by atoms with Crippen LogP contribution < -0.4 is 5.32 Å². The molecule has 0 bridgehead atoms. The molecule has 1 saturated heterocycles. The molecule has 1 aliphatic heterocycles. The number of nitrogens with zero attached hydrogens (tertiary/aromatic N) is 1. The van der Waals surface area contributed by atoms with Crippen molar-refractivity contribution in [3.8, 4) is 0 Å². The van der Waals surface area contributed by atoms with E-state index in [1.807, 2.05) is 0 Å². The van der Waals surface area contributed by atoms with Crippen LogP contribution in [0.5, 0.6) is 0 Å². The summed E-state index contributed by atoms with van der Waals surface area (Å²) in [6.45, 7) is 17.1. The van der Waals surface area contributed by atoms with Gasteiger partial charge in [0.1, 0.15) is 0 Å². The van der Waals surface area contributed by atoms with Crippen LogP contribution in [0, 0.1) is 16.7 Å². The zero-order valence-electron chi connectivity index (χ0n) is 13.1. The second kappa shape index (κ2) is 5.13. The Bertz CT molecular complexity index is 269. The smallest absolute Gasteiger partial charge is 0.0194 e. The van der Waals surface area contributed by atoms with E-state index in [0.717, 1.165) is 12.0 Å². The zero-order valence-corrected chi connectivity index (χ0v) is 13.1. The average Bonchev–Trinajstić information content (AvgIpc) is 2.79. The molecule has 1 atom stereocenters. The van der Waals surface area contributed by atoms with Crippen LogP contribution in [-0.4, -0.2) is 37.1 Å². The van der Waals surface area contributed by atoms with Gasteiger partial charge in [-0.3, -0.25) is 0 Å². The van der Waals surface area contributed by atoms with E-state index < -0.39 is 0 Å². The molecule has 0 aromatic rings. The van der Waals surface area contributed by atoms with Crippen LogP contribution in [0.4, 0.5) is 0 Å². The van der Waals surface area contributed by atoms with E-state index in [9.17, 15) is 0 Å². The van der Waals surface area contributed by atoms with Gasteiger partial charge in [-0.15, -0.1) is 0 Å². The van der Waals surface area contributed by atoms with Crippen molar-refractivity contribution in [1.29, 1.82) is 0 Å². The molecule has 106 valence electrons. The molecule has 1 N–H and O–H groups in total. The van der Waals surface area contributed by atoms with E-state index >= 15 is 0 Å².